The fraction of sp³-hybridized carbons (Fsp3) is 0.0625. The van der Waals surface area contributed by atoms with Crippen LogP contribution in [0.1, 0.15) is 15.9 Å². The van der Waals surface area contributed by atoms with Crippen molar-refractivity contribution < 1.29 is 17.6 Å². The molecule has 1 N–H and O–H groups in total. The van der Waals surface area contributed by atoms with E-state index in [2.05, 4.69) is 20.7 Å². The lowest BCUT2D eigenvalue weighted by molar-refractivity contribution is 0.0981. The van der Waals surface area contributed by atoms with Crippen LogP contribution in [0.5, 0.6) is 0 Å². The minimum Gasteiger partial charge on any atom is -0.464 e. The average Bonchev–Trinajstić information content (AvgIpc) is 2.93. The highest BCUT2D eigenvalue weighted by Crippen LogP contribution is 2.21. The second kappa shape index (κ2) is 5.82. The lowest BCUT2D eigenvalue weighted by atomic mass is 10.1. The van der Waals surface area contributed by atoms with Crippen molar-refractivity contribution in [3.63, 3.8) is 0 Å². The summed E-state index contributed by atoms with van der Waals surface area (Å²) >= 11 is 3.30. The zero-order valence-electron chi connectivity index (χ0n) is 12.0. The number of halogens is 1. The summed E-state index contributed by atoms with van der Waals surface area (Å²) in [5, 5.41) is 0.791. The summed E-state index contributed by atoms with van der Waals surface area (Å²) in [6.45, 7) is 1.74. The van der Waals surface area contributed by atoms with Crippen LogP contribution in [-0.2, 0) is 10.0 Å². The third-order valence-electron chi connectivity index (χ3n) is 3.40. The number of furan rings is 1. The average molecular weight is 394 g/mol. The minimum atomic E-state index is -3.98. The summed E-state index contributed by atoms with van der Waals surface area (Å²) in [5.41, 5.74) is 1.42. The monoisotopic (exact) mass is 393 g/mol. The van der Waals surface area contributed by atoms with Gasteiger partial charge in [0.05, 0.1) is 11.2 Å². The molecule has 3 aromatic rings. The predicted octanol–water partition coefficient (Wildman–Crippen LogP) is 3.62. The second-order valence-electron chi connectivity index (χ2n) is 5.01. The van der Waals surface area contributed by atoms with Crippen LogP contribution in [0.2, 0.25) is 0 Å². The molecule has 118 valence electrons. The van der Waals surface area contributed by atoms with E-state index in [0.29, 0.717) is 16.7 Å². The molecule has 0 bridgehead atoms. The molecule has 0 aliphatic heterocycles. The molecular weight excluding hydrogens is 382 g/mol. The molecule has 2 aromatic carbocycles. The Labute approximate surface area is 141 Å². The van der Waals surface area contributed by atoms with Crippen molar-refractivity contribution in [2.75, 3.05) is 0 Å². The van der Waals surface area contributed by atoms with Gasteiger partial charge in [-0.05, 0) is 48.9 Å². The van der Waals surface area contributed by atoms with Crippen molar-refractivity contribution in [1.29, 1.82) is 0 Å². The number of amides is 1. The molecule has 1 aromatic heterocycles. The third kappa shape index (κ3) is 3.16. The number of nitrogens with one attached hydrogen (secondary N) is 1. The summed E-state index contributed by atoms with van der Waals surface area (Å²) in [6.07, 6.45) is 1.48. The van der Waals surface area contributed by atoms with E-state index in [1.165, 1.54) is 18.4 Å². The normalized spacial score (nSPS) is 11.6. The number of benzene rings is 2. The standard InChI is InChI=1S/C16H12BrNO4S/c1-10-8-12(17)3-5-14(10)16(19)18-23(20,21)13-4-2-11-6-7-22-15(11)9-13/h2-9H,1H3,(H,18,19). The Hall–Kier alpha value is -2.12. The SMILES string of the molecule is Cc1cc(Br)ccc1C(=O)NS(=O)(=O)c1ccc2ccoc2c1. The quantitative estimate of drug-likeness (QED) is 0.736. The van der Waals surface area contributed by atoms with Gasteiger partial charge < -0.3 is 4.42 Å². The lowest BCUT2D eigenvalue weighted by Gasteiger charge is -2.09. The van der Waals surface area contributed by atoms with Crippen molar-refractivity contribution in [3.8, 4) is 0 Å². The highest BCUT2D eigenvalue weighted by Gasteiger charge is 2.20. The maximum absolute atomic E-state index is 12.4. The van der Waals surface area contributed by atoms with E-state index in [-0.39, 0.29) is 4.90 Å². The van der Waals surface area contributed by atoms with Gasteiger partial charge in [-0.25, -0.2) is 13.1 Å². The summed E-state index contributed by atoms with van der Waals surface area (Å²) in [4.78, 5) is 12.2. The van der Waals surface area contributed by atoms with Crippen molar-refractivity contribution >= 4 is 42.8 Å². The fourth-order valence-corrected chi connectivity index (χ4v) is 3.68. The van der Waals surface area contributed by atoms with Crippen LogP contribution in [0.25, 0.3) is 11.0 Å². The van der Waals surface area contributed by atoms with Crippen molar-refractivity contribution in [2.45, 2.75) is 11.8 Å². The molecule has 0 saturated carbocycles. The van der Waals surface area contributed by atoms with Crippen LogP contribution in [0.15, 0.2) is 62.5 Å². The van der Waals surface area contributed by atoms with Gasteiger partial charge in [-0.15, -0.1) is 0 Å². The van der Waals surface area contributed by atoms with Gasteiger partial charge in [0.2, 0.25) is 0 Å². The zero-order valence-corrected chi connectivity index (χ0v) is 14.4. The summed E-state index contributed by atoms with van der Waals surface area (Å²) in [7, 11) is -3.98. The molecule has 1 amide bonds. The zero-order chi connectivity index (χ0) is 16.6. The van der Waals surface area contributed by atoms with E-state index in [4.69, 9.17) is 4.42 Å². The first-order valence-electron chi connectivity index (χ1n) is 6.67. The predicted molar refractivity (Wildman–Crippen MR) is 89.7 cm³/mol. The van der Waals surface area contributed by atoms with Gasteiger partial charge in [0.1, 0.15) is 5.58 Å². The van der Waals surface area contributed by atoms with E-state index in [1.54, 1.807) is 37.3 Å². The van der Waals surface area contributed by atoms with Gasteiger partial charge in [-0.3, -0.25) is 4.79 Å². The molecule has 1 heterocycles. The molecule has 0 fully saturated rings. The van der Waals surface area contributed by atoms with Crippen molar-refractivity contribution in [2.24, 2.45) is 0 Å². The summed E-state index contributed by atoms with van der Waals surface area (Å²) < 4.78 is 32.8. The molecule has 0 atom stereocenters. The Morgan fingerprint density at radius 3 is 2.65 bits per heavy atom. The maximum Gasteiger partial charge on any atom is 0.265 e. The third-order valence-corrected chi connectivity index (χ3v) is 5.22. The molecule has 23 heavy (non-hydrogen) atoms. The Balaban J connectivity index is 1.92. The van der Waals surface area contributed by atoms with E-state index in [9.17, 15) is 13.2 Å². The number of aryl methyl sites for hydroxylation is 1. The Bertz CT molecular complexity index is 1010. The van der Waals surface area contributed by atoms with E-state index >= 15 is 0 Å². The smallest absolute Gasteiger partial charge is 0.265 e. The highest BCUT2D eigenvalue weighted by molar-refractivity contribution is 9.10. The summed E-state index contributed by atoms with van der Waals surface area (Å²) in [5.74, 6) is -0.672. The minimum absolute atomic E-state index is 0.0249. The molecule has 7 heteroatoms. The molecular formula is C16H12BrNO4S. The van der Waals surface area contributed by atoms with E-state index in [1.807, 2.05) is 0 Å². The second-order valence-corrected chi connectivity index (χ2v) is 7.61. The molecule has 0 unspecified atom stereocenters. The first-order valence-corrected chi connectivity index (χ1v) is 8.95. The fourth-order valence-electron chi connectivity index (χ4n) is 2.22. The number of fused-ring (bicyclic) bond motifs is 1. The van der Waals surface area contributed by atoms with Crippen molar-refractivity contribution in [3.05, 3.63) is 64.3 Å². The molecule has 5 nitrogen and oxygen atoms in total. The molecule has 0 aliphatic rings. The number of carbonyl (C=O) groups excluding carboxylic acids is 1. The highest BCUT2D eigenvalue weighted by atomic mass is 79.9. The lowest BCUT2D eigenvalue weighted by Crippen LogP contribution is -2.31. The molecule has 0 spiro atoms. The van der Waals surface area contributed by atoms with E-state index in [0.717, 1.165) is 9.86 Å². The van der Waals surface area contributed by atoms with Gasteiger partial charge in [-0.2, -0.15) is 0 Å². The number of sulfonamides is 1. The van der Waals surface area contributed by atoms with Crippen LogP contribution < -0.4 is 4.72 Å². The number of carbonyl (C=O) groups is 1. The maximum atomic E-state index is 12.4. The first kappa shape index (κ1) is 15.8. The number of rotatable bonds is 3. The van der Waals surface area contributed by atoms with Gasteiger partial charge in [0, 0.05) is 21.5 Å². The Morgan fingerprint density at radius 1 is 1.13 bits per heavy atom. The Morgan fingerprint density at radius 2 is 1.91 bits per heavy atom. The Kier molecular flexibility index (Phi) is 3.99. The molecule has 0 saturated heterocycles. The number of hydrogen-bond donors (Lipinski definition) is 1. The molecule has 0 radical (unpaired) electrons. The van der Waals surface area contributed by atoms with E-state index < -0.39 is 15.9 Å². The molecule has 0 aliphatic carbocycles. The van der Waals surface area contributed by atoms with Gasteiger partial charge >= 0.3 is 0 Å². The van der Waals surface area contributed by atoms with Crippen LogP contribution >= 0.6 is 15.9 Å². The summed E-state index contributed by atoms with van der Waals surface area (Å²) in [6, 6.07) is 11.2. The van der Waals surface area contributed by atoms with Crippen LogP contribution in [0.3, 0.4) is 0 Å². The topological polar surface area (TPSA) is 76.4 Å². The van der Waals surface area contributed by atoms with Crippen LogP contribution in [-0.4, -0.2) is 14.3 Å². The van der Waals surface area contributed by atoms with Gasteiger partial charge in [0.15, 0.2) is 0 Å². The van der Waals surface area contributed by atoms with Crippen LogP contribution in [0, 0.1) is 6.92 Å². The molecule has 3 rings (SSSR count). The van der Waals surface area contributed by atoms with Crippen LogP contribution in [0.4, 0.5) is 0 Å². The van der Waals surface area contributed by atoms with Gasteiger partial charge in [0.25, 0.3) is 15.9 Å². The van der Waals surface area contributed by atoms with Gasteiger partial charge in [-0.1, -0.05) is 15.9 Å². The largest absolute Gasteiger partial charge is 0.464 e. The number of hydrogen-bond acceptors (Lipinski definition) is 4. The van der Waals surface area contributed by atoms with Crippen molar-refractivity contribution in [1.82, 2.24) is 4.72 Å². The first-order chi connectivity index (χ1) is 10.9.